The molecule has 2 amide bonds. The molecule has 1 atom stereocenters. The highest BCUT2D eigenvalue weighted by molar-refractivity contribution is 5.76. The van der Waals surface area contributed by atoms with E-state index >= 15 is 0 Å². The maximum Gasteiger partial charge on any atom is 0.318 e. The number of aryl methyl sites for hydroxylation is 1. The topological polar surface area (TPSA) is 55.1 Å². The molecule has 0 radical (unpaired) electrons. The Morgan fingerprint density at radius 2 is 1.69 bits per heavy atom. The van der Waals surface area contributed by atoms with Gasteiger partial charge in [-0.2, -0.15) is 5.10 Å². The van der Waals surface area contributed by atoms with Crippen molar-refractivity contribution in [2.24, 2.45) is 0 Å². The first-order chi connectivity index (χ1) is 17.2. The van der Waals surface area contributed by atoms with Gasteiger partial charge in [-0.1, -0.05) is 68.3 Å². The summed E-state index contributed by atoms with van der Waals surface area (Å²) >= 11 is 0. The third kappa shape index (κ3) is 3.83. The first-order valence-electron chi connectivity index (χ1n) is 12.7. The van der Waals surface area contributed by atoms with E-state index in [1.54, 1.807) is 0 Å². The first kappa shape index (κ1) is 21.7. The number of rotatable bonds is 4. The fourth-order valence-electron chi connectivity index (χ4n) is 5.66. The zero-order valence-corrected chi connectivity index (χ0v) is 20.1. The van der Waals surface area contributed by atoms with Crippen LogP contribution < -0.4 is 5.32 Å². The average Bonchev–Trinajstić information content (AvgIpc) is 3.64. The van der Waals surface area contributed by atoms with Gasteiger partial charge in [0.25, 0.3) is 0 Å². The zero-order valence-electron chi connectivity index (χ0n) is 20.1. The number of hydrogen-bond donors (Lipinski definition) is 1. The van der Waals surface area contributed by atoms with Gasteiger partial charge in [0.2, 0.25) is 0 Å². The largest absolute Gasteiger partial charge is 0.335 e. The molecule has 2 aromatic heterocycles. The van der Waals surface area contributed by atoms with Crippen LogP contribution in [0.4, 0.5) is 4.79 Å². The van der Waals surface area contributed by atoms with Gasteiger partial charge < -0.3 is 14.8 Å². The lowest BCUT2D eigenvalue weighted by Crippen LogP contribution is -2.45. The van der Waals surface area contributed by atoms with Crippen molar-refractivity contribution >= 4 is 6.03 Å². The number of amides is 2. The van der Waals surface area contributed by atoms with E-state index in [2.05, 4.69) is 71.5 Å². The second-order valence-corrected chi connectivity index (χ2v) is 9.52. The predicted molar refractivity (Wildman–Crippen MR) is 137 cm³/mol. The number of aromatic nitrogens is 3. The van der Waals surface area contributed by atoms with Crippen LogP contribution in [-0.2, 0) is 13.0 Å². The van der Waals surface area contributed by atoms with Crippen molar-refractivity contribution in [3.8, 4) is 11.5 Å². The SMILES string of the molecule is CCc1nn(-c2ccccc2)c2c1CN(C(=O)NC1CCCC1)C(c1ccccc1)c1cccn1-2. The van der Waals surface area contributed by atoms with Crippen molar-refractivity contribution in [3.63, 3.8) is 0 Å². The smallest absolute Gasteiger partial charge is 0.318 e. The van der Waals surface area contributed by atoms with Crippen LogP contribution in [-0.4, -0.2) is 31.3 Å². The van der Waals surface area contributed by atoms with Gasteiger partial charge in [-0.25, -0.2) is 9.48 Å². The molecule has 1 fully saturated rings. The van der Waals surface area contributed by atoms with E-state index in [0.717, 1.165) is 53.3 Å². The van der Waals surface area contributed by atoms with Gasteiger partial charge in [0.05, 0.1) is 29.7 Å². The summed E-state index contributed by atoms with van der Waals surface area (Å²) in [6.45, 7) is 2.64. The van der Waals surface area contributed by atoms with Gasteiger partial charge in [-0.3, -0.25) is 0 Å². The highest BCUT2D eigenvalue weighted by atomic mass is 16.2. The van der Waals surface area contributed by atoms with Crippen LogP contribution in [0.15, 0.2) is 79.0 Å². The number of fused-ring (bicyclic) bond motifs is 3. The Kier molecular flexibility index (Phi) is 5.64. The number of carbonyl (C=O) groups excluding carboxylic acids is 1. The standard InChI is InChI=1S/C29H31N5O/c1-2-25-24-20-33(29(35)30-22-14-9-10-15-22)27(21-12-5-3-6-13-21)26-18-11-19-32(26)28(24)34(31-25)23-16-7-4-8-17-23/h3-8,11-13,16-19,22,27H,2,9-10,14-15,20H2,1H3,(H,30,35). The van der Waals surface area contributed by atoms with Crippen LogP contribution >= 0.6 is 0 Å². The van der Waals surface area contributed by atoms with Gasteiger partial charge in [-0.15, -0.1) is 0 Å². The minimum atomic E-state index is -0.200. The van der Waals surface area contributed by atoms with Gasteiger partial charge in [0.15, 0.2) is 0 Å². The summed E-state index contributed by atoms with van der Waals surface area (Å²) in [5, 5.41) is 8.39. The third-order valence-electron chi connectivity index (χ3n) is 7.36. The van der Waals surface area contributed by atoms with E-state index in [1.165, 1.54) is 12.8 Å². The number of benzene rings is 2. The fourth-order valence-corrected chi connectivity index (χ4v) is 5.66. The van der Waals surface area contributed by atoms with Crippen LogP contribution in [0.25, 0.3) is 11.5 Å². The summed E-state index contributed by atoms with van der Waals surface area (Å²) in [6, 6.07) is 24.9. The van der Waals surface area contributed by atoms with Crippen LogP contribution in [0.5, 0.6) is 0 Å². The third-order valence-corrected chi connectivity index (χ3v) is 7.36. The average molecular weight is 466 g/mol. The van der Waals surface area contributed by atoms with Crippen LogP contribution in [0.2, 0.25) is 0 Å². The molecule has 178 valence electrons. The molecule has 1 saturated carbocycles. The molecule has 0 saturated heterocycles. The number of nitrogens with one attached hydrogen (secondary N) is 1. The summed E-state index contributed by atoms with van der Waals surface area (Å²) in [7, 11) is 0. The fraction of sp³-hybridized carbons (Fsp3) is 0.310. The Bertz CT molecular complexity index is 1320. The van der Waals surface area contributed by atoms with Crippen LogP contribution in [0.3, 0.4) is 0 Å². The van der Waals surface area contributed by atoms with Crippen molar-refractivity contribution in [1.82, 2.24) is 24.6 Å². The molecular formula is C29H31N5O. The van der Waals surface area contributed by atoms with E-state index in [0.29, 0.717) is 6.54 Å². The molecule has 0 spiro atoms. The molecule has 4 aromatic rings. The summed E-state index contributed by atoms with van der Waals surface area (Å²) < 4.78 is 4.27. The van der Waals surface area contributed by atoms with E-state index in [1.807, 2.05) is 33.8 Å². The molecular weight excluding hydrogens is 434 g/mol. The van der Waals surface area contributed by atoms with Gasteiger partial charge in [0, 0.05) is 17.8 Å². The lowest BCUT2D eigenvalue weighted by atomic mass is 10.0. The highest BCUT2D eigenvalue weighted by Gasteiger charge is 2.36. The molecule has 35 heavy (non-hydrogen) atoms. The second-order valence-electron chi connectivity index (χ2n) is 9.52. The quantitative estimate of drug-likeness (QED) is 0.415. The second kappa shape index (κ2) is 9.10. The minimum absolute atomic E-state index is 0.000803. The van der Waals surface area contributed by atoms with Crippen molar-refractivity contribution in [2.75, 3.05) is 0 Å². The number of para-hydroxylation sites is 1. The van der Waals surface area contributed by atoms with Crippen molar-refractivity contribution in [3.05, 3.63) is 102 Å². The Hall–Kier alpha value is -3.80. The zero-order chi connectivity index (χ0) is 23.8. The Morgan fingerprint density at radius 3 is 2.40 bits per heavy atom. The number of nitrogens with zero attached hydrogens (tertiary/aromatic N) is 4. The highest BCUT2D eigenvalue weighted by Crippen LogP contribution is 2.38. The monoisotopic (exact) mass is 465 g/mol. The molecule has 3 heterocycles. The lowest BCUT2D eigenvalue weighted by Gasteiger charge is -2.32. The van der Waals surface area contributed by atoms with Crippen molar-refractivity contribution in [1.29, 1.82) is 0 Å². The maximum absolute atomic E-state index is 13.9. The summed E-state index contributed by atoms with van der Waals surface area (Å²) in [5.41, 5.74) is 5.32. The van der Waals surface area contributed by atoms with Gasteiger partial charge in [0.1, 0.15) is 5.82 Å². The van der Waals surface area contributed by atoms with Crippen LogP contribution in [0, 0.1) is 0 Å². The molecule has 6 heteroatoms. The summed E-state index contributed by atoms with van der Waals surface area (Å²) in [5.74, 6) is 1.02. The maximum atomic E-state index is 13.9. The number of urea groups is 1. The lowest BCUT2D eigenvalue weighted by molar-refractivity contribution is 0.176. The Labute approximate surface area is 206 Å². The van der Waals surface area contributed by atoms with E-state index in [4.69, 9.17) is 5.10 Å². The van der Waals surface area contributed by atoms with E-state index in [9.17, 15) is 4.79 Å². The summed E-state index contributed by atoms with van der Waals surface area (Å²) in [6.07, 6.45) is 7.39. The molecule has 2 aliphatic rings. The normalized spacial score (nSPS) is 17.6. The number of carbonyl (C=O) groups is 1. The molecule has 0 bridgehead atoms. The summed E-state index contributed by atoms with van der Waals surface area (Å²) in [4.78, 5) is 15.9. The predicted octanol–water partition coefficient (Wildman–Crippen LogP) is 5.78. The molecule has 6 nitrogen and oxygen atoms in total. The molecule has 2 aromatic carbocycles. The Balaban J connectivity index is 1.54. The van der Waals surface area contributed by atoms with Gasteiger partial charge >= 0.3 is 6.03 Å². The minimum Gasteiger partial charge on any atom is -0.335 e. The number of hydrogen-bond acceptors (Lipinski definition) is 2. The molecule has 6 rings (SSSR count). The van der Waals surface area contributed by atoms with E-state index < -0.39 is 0 Å². The van der Waals surface area contributed by atoms with Crippen molar-refractivity contribution < 1.29 is 4.79 Å². The van der Waals surface area contributed by atoms with Gasteiger partial charge in [-0.05, 0) is 49.1 Å². The molecule has 1 aliphatic carbocycles. The molecule has 1 aliphatic heterocycles. The first-order valence-corrected chi connectivity index (χ1v) is 12.7. The van der Waals surface area contributed by atoms with E-state index in [-0.39, 0.29) is 18.1 Å². The van der Waals surface area contributed by atoms with Crippen molar-refractivity contribution in [2.45, 2.75) is 57.7 Å². The molecule has 1 unspecified atom stereocenters. The van der Waals surface area contributed by atoms with Crippen LogP contribution in [0.1, 0.15) is 61.2 Å². The Morgan fingerprint density at radius 1 is 0.971 bits per heavy atom. The molecule has 1 N–H and O–H groups in total.